The minimum Gasteiger partial charge on any atom is -0.486 e. The van der Waals surface area contributed by atoms with Gasteiger partial charge in [-0.2, -0.15) is 0 Å². The van der Waals surface area contributed by atoms with Crippen molar-refractivity contribution in [3.05, 3.63) is 59.9 Å². The van der Waals surface area contributed by atoms with Crippen LogP contribution in [0.2, 0.25) is 0 Å². The Morgan fingerprint density at radius 3 is 2.62 bits per heavy atom. The summed E-state index contributed by atoms with van der Waals surface area (Å²) in [6.07, 6.45) is 1.50. The van der Waals surface area contributed by atoms with E-state index >= 15 is 0 Å². The lowest BCUT2D eigenvalue weighted by molar-refractivity contribution is 0.0785. The fraction of sp³-hybridized carbons (Fsp3) is 0.222. The predicted molar refractivity (Wildman–Crippen MR) is 92.4 cm³/mol. The third-order valence-electron chi connectivity index (χ3n) is 4.10. The number of benzene rings is 2. The van der Waals surface area contributed by atoms with Crippen molar-refractivity contribution in [3.8, 4) is 17.2 Å². The van der Waals surface area contributed by atoms with Crippen LogP contribution in [0.5, 0.6) is 11.5 Å². The van der Waals surface area contributed by atoms with Crippen molar-refractivity contribution in [2.24, 2.45) is 0 Å². The van der Waals surface area contributed by atoms with Gasteiger partial charge in [-0.25, -0.2) is 4.68 Å². The van der Waals surface area contributed by atoms with Crippen molar-refractivity contribution in [2.45, 2.75) is 6.54 Å². The zero-order valence-electron chi connectivity index (χ0n) is 14.2. The van der Waals surface area contributed by atoms with E-state index in [9.17, 15) is 4.79 Å². The maximum atomic E-state index is 12.7. The van der Waals surface area contributed by atoms with E-state index in [2.05, 4.69) is 15.5 Å². The summed E-state index contributed by atoms with van der Waals surface area (Å²) in [5, 5.41) is 11.0. The Morgan fingerprint density at radius 1 is 1.12 bits per heavy atom. The van der Waals surface area contributed by atoms with E-state index in [-0.39, 0.29) is 5.91 Å². The van der Waals surface area contributed by atoms with Crippen molar-refractivity contribution < 1.29 is 14.3 Å². The van der Waals surface area contributed by atoms with Crippen molar-refractivity contribution in [1.82, 2.24) is 25.1 Å². The average Bonchev–Trinajstić information content (AvgIpc) is 3.22. The molecular formula is C18H17N5O3. The summed E-state index contributed by atoms with van der Waals surface area (Å²) >= 11 is 0. The molecule has 0 radical (unpaired) electrons. The van der Waals surface area contributed by atoms with Gasteiger partial charge in [-0.3, -0.25) is 4.79 Å². The molecular weight excluding hydrogens is 334 g/mol. The van der Waals surface area contributed by atoms with Crippen LogP contribution in [-0.2, 0) is 6.54 Å². The van der Waals surface area contributed by atoms with E-state index in [0.717, 1.165) is 22.7 Å². The Bertz CT molecular complexity index is 909. The summed E-state index contributed by atoms with van der Waals surface area (Å²) in [5.41, 5.74) is 2.37. The van der Waals surface area contributed by atoms with Gasteiger partial charge in [-0.1, -0.05) is 6.07 Å². The molecule has 1 amide bonds. The Morgan fingerprint density at radius 2 is 1.88 bits per heavy atom. The number of tetrazole rings is 1. The number of carbonyl (C=O) groups excluding carboxylic acids is 1. The maximum Gasteiger partial charge on any atom is 0.253 e. The minimum absolute atomic E-state index is 0.0665. The Balaban J connectivity index is 1.46. The van der Waals surface area contributed by atoms with Crippen LogP contribution >= 0.6 is 0 Å². The third-order valence-corrected chi connectivity index (χ3v) is 4.10. The largest absolute Gasteiger partial charge is 0.486 e. The second-order valence-electron chi connectivity index (χ2n) is 5.94. The van der Waals surface area contributed by atoms with Crippen LogP contribution in [-0.4, -0.2) is 51.3 Å². The number of hydrogen-bond acceptors (Lipinski definition) is 6. The molecule has 0 fully saturated rings. The highest BCUT2D eigenvalue weighted by Crippen LogP contribution is 2.31. The molecule has 1 aromatic heterocycles. The van der Waals surface area contributed by atoms with Crippen molar-refractivity contribution in [3.63, 3.8) is 0 Å². The van der Waals surface area contributed by atoms with Gasteiger partial charge >= 0.3 is 0 Å². The molecule has 0 saturated heterocycles. The smallest absolute Gasteiger partial charge is 0.253 e. The van der Waals surface area contributed by atoms with Crippen LogP contribution in [0.1, 0.15) is 15.9 Å². The van der Waals surface area contributed by atoms with E-state index in [4.69, 9.17) is 9.47 Å². The van der Waals surface area contributed by atoms with E-state index in [1.165, 1.54) is 11.0 Å². The zero-order valence-corrected chi connectivity index (χ0v) is 14.2. The molecule has 3 aromatic rings. The van der Waals surface area contributed by atoms with Gasteiger partial charge in [0.25, 0.3) is 5.91 Å². The zero-order chi connectivity index (χ0) is 17.9. The number of carbonyl (C=O) groups is 1. The van der Waals surface area contributed by atoms with Gasteiger partial charge in [-0.05, 0) is 52.4 Å². The first-order chi connectivity index (χ1) is 12.7. The molecule has 0 unspecified atom stereocenters. The van der Waals surface area contributed by atoms with Gasteiger partial charge in [0.2, 0.25) is 0 Å². The Kier molecular flexibility index (Phi) is 4.22. The van der Waals surface area contributed by atoms with Crippen LogP contribution in [0.3, 0.4) is 0 Å². The number of amides is 1. The first-order valence-electron chi connectivity index (χ1n) is 8.18. The van der Waals surface area contributed by atoms with E-state index in [0.29, 0.717) is 25.3 Å². The molecule has 0 atom stereocenters. The van der Waals surface area contributed by atoms with Crippen LogP contribution in [0.25, 0.3) is 5.69 Å². The standard InChI is InChI=1S/C18H17N5O3/c1-22(11-13-2-7-16-17(10-13)26-9-8-25-16)18(24)14-3-5-15(6-4-14)23-12-19-20-21-23/h2-7,10,12H,8-9,11H2,1H3. The molecule has 0 aliphatic carbocycles. The molecule has 0 saturated carbocycles. The second kappa shape index (κ2) is 6.83. The monoisotopic (exact) mass is 351 g/mol. The summed E-state index contributed by atoms with van der Waals surface area (Å²) in [6.45, 7) is 1.58. The second-order valence-corrected chi connectivity index (χ2v) is 5.94. The maximum absolute atomic E-state index is 12.7. The summed E-state index contributed by atoms with van der Waals surface area (Å²) in [6, 6.07) is 12.9. The highest BCUT2D eigenvalue weighted by molar-refractivity contribution is 5.94. The number of hydrogen-bond donors (Lipinski definition) is 0. The molecule has 132 valence electrons. The predicted octanol–water partition coefficient (Wildman–Crippen LogP) is 1.71. The molecule has 0 bridgehead atoms. The van der Waals surface area contributed by atoms with Gasteiger partial charge in [0, 0.05) is 19.2 Å². The van der Waals surface area contributed by atoms with Gasteiger partial charge in [0.1, 0.15) is 19.5 Å². The van der Waals surface area contributed by atoms with Gasteiger partial charge < -0.3 is 14.4 Å². The fourth-order valence-corrected chi connectivity index (χ4v) is 2.79. The van der Waals surface area contributed by atoms with Crippen LogP contribution in [0, 0.1) is 0 Å². The summed E-state index contributed by atoms with van der Waals surface area (Å²) in [5.74, 6) is 1.40. The Hall–Kier alpha value is -3.42. The summed E-state index contributed by atoms with van der Waals surface area (Å²) in [4.78, 5) is 14.3. The molecule has 8 nitrogen and oxygen atoms in total. The molecule has 2 heterocycles. The molecule has 0 N–H and O–H groups in total. The molecule has 4 rings (SSSR count). The first-order valence-corrected chi connectivity index (χ1v) is 8.18. The quantitative estimate of drug-likeness (QED) is 0.712. The lowest BCUT2D eigenvalue weighted by atomic mass is 10.1. The molecule has 8 heteroatoms. The molecule has 26 heavy (non-hydrogen) atoms. The van der Waals surface area contributed by atoms with E-state index in [1.807, 2.05) is 30.3 Å². The van der Waals surface area contributed by atoms with Crippen LogP contribution in [0.4, 0.5) is 0 Å². The summed E-state index contributed by atoms with van der Waals surface area (Å²) in [7, 11) is 1.77. The molecule has 0 spiro atoms. The van der Waals surface area contributed by atoms with Crippen LogP contribution in [0.15, 0.2) is 48.8 Å². The number of aromatic nitrogens is 4. The lowest BCUT2D eigenvalue weighted by Gasteiger charge is -2.21. The number of ether oxygens (including phenoxy) is 2. The van der Waals surface area contributed by atoms with E-state index in [1.54, 1.807) is 24.1 Å². The molecule has 1 aliphatic rings. The van der Waals surface area contributed by atoms with Crippen LogP contribution < -0.4 is 9.47 Å². The fourth-order valence-electron chi connectivity index (χ4n) is 2.79. The van der Waals surface area contributed by atoms with Crippen molar-refractivity contribution in [1.29, 1.82) is 0 Å². The SMILES string of the molecule is CN(Cc1ccc2c(c1)OCCO2)C(=O)c1ccc(-n2cnnn2)cc1. The highest BCUT2D eigenvalue weighted by Gasteiger charge is 2.15. The normalized spacial score (nSPS) is 12.7. The number of nitrogens with zero attached hydrogens (tertiary/aromatic N) is 5. The van der Waals surface area contributed by atoms with Gasteiger partial charge in [0.05, 0.1) is 5.69 Å². The highest BCUT2D eigenvalue weighted by atomic mass is 16.6. The minimum atomic E-state index is -0.0665. The number of rotatable bonds is 4. The molecule has 2 aromatic carbocycles. The number of fused-ring (bicyclic) bond motifs is 1. The average molecular weight is 351 g/mol. The molecule has 1 aliphatic heterocycles. The van der Waals surface area contributed by atoms with Crippen molar-refractivity contribution in [2.75, 3.05) is 20.3 Å². The lowest BCUT2D eigenvalue weighted by Crippen LogP contribution is -2.26. The van der Waals surface area contributed by atoms with Gasteiger partial charge in [-0.15, -0.1) is 5.10 Å². The third kappa shape index (κ3) is 3.21. The topological polar surface area (TPSA) is 82.4 Å². The van der Waals surface area contributed by atoms with Crippen molar-refractivity contribution >= 4 is 5.91 Å². The summed E-state index contributed by atoms with van der Waals surface area (Å²) < 4.78 is 12.6. The van der Waals surface area contributed by atoms with Gasteiger partial charge in [0.15, 0.2) is 11.5 Å². The van der Waals surface area contributed by atoms with E-state index < -0.39 is 0 Å². The Labute approximate surface area is 149 Å². The first kappa shape index (κ1) is 16.1.